The number of amides is 1. The molecule has 0 saturated heterocycles. The molecule has 0 spiro atoms. The van der Waals surface area contributed by atoms with Crippen LogP contribution in [0.5, 0.6) is 5.75 Å². The van der Waals surface area contributed by atoms with Crippen molar-refractivity contribution in [1.29, 1.82) is 0 Å². The second-order valence-electron chi connectivity index (χ2n) is 6.36. The lowest BCUT2D eigenvalue weighted by atomic mass is 9.93. The normalized spacial score (nSPS) is 11.4. The van der Waals surface area contributed by atoms with E-state index in [1.54, 1.807) is 13.1 Å². The van der Waals surface area contributed by atoms with Gasteiger partial charge >= 0.3 is 0 Å². The van der Waals surface area contributed by atoms with E-state index < -0.39 is 5.41 Å². The summed E-state index contributed by atoms with van der Waals surface area (Å²) in [6.07, 6.45) is 0. The number of likely N-dealkylation sites (N-methyl/N-ethyl adjacent to an activating group) is 1. The van der Waals surface area contributed by atoms with Gasteiger partial charge in [-0.2, -0.15) is 0 Å². The molecule has 0 aliphatic heterocycles. The number of hydrogen-bond donors (Lipinski definition) is 2. The molecule has 0 aliphatic rings. The van der Waals surface area contributed by atoms with E-state index >= 15 is 0 Å². The summed E-state index contributed by atoms with van der Waals surface area (Å²) >= 11 is 5.95. The van der Waals surface area contributed by atoms with Crippen LogP contribution in [0.4, 0.5) is 0 Å². The highest BCUT2D eigenvalue weighted by Gasteiger charge is 2.26. The zero-order valence-electron chi connectivity index (χ0n) is 16.1. The quantitative estimate of drug-likeness (QED) is 0.330. The van der Waals surface area contributed by atoms with Crippen LogP contribution in [0.2, 0.25) is 5.02 Å². The standard InChI is InChI=1S/C18H29ClN4O2.HI/c1-6-21-17(22-13-18(2,3)16(24)20-4)23(5)10-11-25-15-9-7-8-14(19)12-15;/h7-9,12H,6,10-11,13H2,1-5H3,(H,20,24)(H,21,22);1H. The molecule has 0 aliphatic carbocycles. The molecule has 148 valence electrons. The molecule has 1 amide bonds. The maximum Gasteiger partial charge on any atom is 0.227 e. The zero-order valence-corrected chi connectivity index (χ0v) is 19.2. The molecule has 6 nitrogen and oxygen atoms in total. The van der Waals surface area contributed by atoms with Gasteiger partial charge < -0.3 is 20.3 Å². The van der Waals surface area contributed by atoms with Crippen LogP contribution in [0.3, 0.4) is 0 Å². The van der Waals surface area contributed by atoms with E-state index in [0.29, 0.717) is 24.7 Å². The van der Waals surface area contributed by atoms with Crippen molar-refractivity contribution in [2.75, 3.05) is 40.3 Å². The van der Waals surface area contributed by atoms with E-state index in [1.165, 1.54) is 0 Å². The zero-order chi connectivity index (χ0) is 18.9. The lowest BCUT2D eigenvalue weighted by molar-refractivity contribution is -0.128. The highest BCUT2D eigenvalue weighted by Crippen LogP contribution is 2.17. The van der Waals surface area contributed by atoms with Crippen molar-refractivity contribution in [1.82, 2.24) is 15.5 Å². The maximum absolute atomic E-state index is 11.9. The van der Waals surface area contributed by atoms with Crippen LogP contribution in [0, 0.1) is 5.41 Å². The van der Waals surface area contributed by atoms with Gasteiger partial charge in [0, 0.05) is 25.7 Å². The minimum absolute atomic E-state index is 0. The monoisotopic (exact) mass is 496 g/mol. The molecule has 1 aromatic rings. The molecule has 0 unspecified atom stereocenters. The molecule has 0 atom stereocenters. The second-order valence-corrected chi connectivity index (χ2v) is 6.80. The molecule has 1 aromatic carbocycles. The number of nitrogens with zero attached hydrogens (tertiary/aromatic N) is 2. The summed E-state index contributed by atoms with van der Waals surface area (Å²) in [5.74, 6) is 1.46. The van der Waals surface area contributed by atoms with Gasteiger partial charge in [0.1, 0.15) is 12.4 Å². The molecule has 0 aromatic heterocycles. The summed E-state index contributed by atoms with van der Waals surface area (Å²) in [5.41, 5.74) is -0.562. The Kier molecular flexibility index (Phi) is 11.6. The van der Waals surface area contributed by atoms with Crippen LogP contribution in [0.1, 0.15) is 20.8 Å². The smallest absolute Gasteiger partial charge is 0.227 e. The second kappa shape index (κ2) is 12.2. The third kappa shape index (κ3) is 8.44. The first-order valence-electron chi connectivity index (χ1n) is 8.40. The Morgan fingerprint density at radius 2 is 2.08 bits per heavy atom. The van der Waals surface area contributed by atoms with Crippen molar-refractivity contribution in [2.24, 2.45) is 10.4 Å². The Hall–Kier alpha value is -1.22. The fraction of sp³-hybridized carbons (Fsp3) is 0.556. The van der Waals surface area contributed by atoms with Crippen molar-refractivity contribution in [3.63, 3.8) is 0 Å². The fourth-order valence-corrected chi connectivity index (χ4v) is 2.30. The third-order valence-electron chi connectivity index (χ3n) is 3.65. The summed E-state index contributed by atoms with van der Waals surface area (Å²) in [7, 11) is 3.58. The molecule has 0 heterocycles. The minimum atomic E-state index is -0.562. The van der Waals surface area contributed by atoms with E-state index in [9.17, 15) is 4.79 Å². The Morgan fingerprint density at radius 3 is 2.65 bits per heavy atom. The Labute approximate surface area is 178 Å². The summed E-state index contributed by atoms with van der Waals surface area (Å²) in [5, 5.41) is 6.56. The fourth-order valence-electron chi connectivity index (χ4n) is 2.12. The molecule has 0 saturated carbocycles. The number of aliphatic imine (C=N–C) groups is 1. The Balaban J connectivity index is 0.00000625. The number of benzene rings is 1. The van der Waals surface area contributed by atoms with Crippen LogP contribution in [0.15, 0.2) is 29.3 Å². The predicted octanol–water partition coefficient (Wildman–Crippen LogP) is 3.01. The average molecular weight is 497 g/mol. The summed E-state index contributed by atoms with van der Waals surface area (Å²) < 4.78 is 5.71. The van der Waals surface area contributed by atoms with E-state index in [4.69, 9.17) is 16.3 Å². The first kappa shape index (κ1) is 24.8. The average Bonchev–Trinajstić information content (AvgIpc) is 2.57. The lowest BCUT2D eigenvalue weighted by Crippen LogP contribution is -2.43. The van der Waals surface area contributed by atoms with E-state index in [2.05, 4.69) is 15.6 Å². The van der Waals surface area contributed by atoms with Gasteiger partial charge in [-0.1, -0.05) is 17.7 Å². The highest BCUT2D eigenvalue weighted by molar-refractivity contribution is 14.0. The van der Waals surface area contributed by atoms with Gasteiger partial charge in [-0.3, -0.25) is 9.79 Å². The van der Waals surface area contributed by atoms with Crippen LogP contribution in [0.25, 0.3) is 0 Å². The van der Waals surface area contributed by atoms with Crippen molar-refractivity contribution in [2.45, 2.75) is 20.8 Å². The number of nitrogens with one attached hydrogen (secondary N) is 2. The van der Waals surface area contributed by atoms with Crippen LogP contribution in [-0.2, 0) is 4.79 Å². The topological polar surface area (TPSA) is 66.0 Å². The number of halogens is 2. The number of rotatable bonds is 8. The SMILES string of the molecule is CCNC(=NCC(C)(C)C(=O)NC)N(C)CCOc1cccc(Cl)c1.I. The van der Waals surface area contributed by atoms with Crippen LogP contribution in [-0.4, -0.2) is 57.1 Å². The number of ether oxygens (including phenoxy) is 1. The lowest BCUT2D eigenvalue weighted by Gasteiger charge is -2.25. The van der Waals surface area contributed by atoms with Crippen molar-refractivity contribution >= 4 is 47.4 Å². The molecule has 8 heteroatoms. The van der Waals surface area contributed by atoms with E-state index in [0.717, 1.165) is 18.3 Å². The summed E-state index contributed by atoms with van der Waals surface area (Å²) in [6, 6.07) is 7.32. The van der Waals surface area contributed by atoms with Crippen LogP contribution >= 0.6 is 35.6 Å². The highest BCUT2D eigenvalue weighted by atomic mass is 127. The van der Waals surface area contributed by atoms with E-state index in [1.807, 2.05) is 50.9 Å². The maximum atomic E-state index is 11.9. The first-order chi connectivity index (χ1) is 11.8. The minimum Gasteiger partial charge on any atom is -0.492 e. The van der Waals surface area contributed by atoms with Gasteiger partial charge in [0.25, 0.3) is 0 Å². The van der Waals surface area contributed by atoms with Gasteiger partial charge in [0.2, 0.25) is 5.91 Å². The van der Waals surface area contributed by atoms with E-state index in [-0.39, 0.29) is 29.9 Å². The Bertz CT molecular complexity index is 596. The molecule has 0 radical (unpaired) electrons. The molecule has 0 bridgehead atoms. The molecular weight excluding hydrogens is 467 g/mol. The number of carbonyl (C=O) groups is 1. The summed E-state index contributed by atoms with van der Waals surface area (Å²) in [6.45, 7) is 8.06. The van der Waals surface area contributed by atoms with Gasteiger partial charge in [0.05, 0.1) is 18.5 Å². The molecule has 1 rings (SSSR count). The number of guanidine groups is 1. The van der Waals surface area contributed by atoms with Crippen molar-refractivity contribution in [3.05, 3.63) is 29.3 Å². The van der Waals surface area contributed by atoms with Gasteiger partial charge in [0.15, 0.2) is 5.96 Å². The predicted molar refractivity (Wildman–Crippen MR) is 119 cm³/mol. The number of hydrogen-bond acceptors (Lipinski definition) is 3. The van der Waals surface area contributed by atoms with Gasteiger partial charge in [-0.05, 0) is 39.0 Å². The molecule has 2 N–H and O–H groups in total. The molecular formula is C18H30ClIN4O2. The van der Waals surface area contributed by atoms with Crippen molar-refractivity contribution in [3.8, 4) is 5.75 Å². The van der Waals surface area contributed by atoms with Gasteiger partial charge in [-0.15, -0.1) is 24.0 Å². The molecule has 0 fully saturated rings. The largest absolute Gasteiger partial charge is 0.492 e. The Morgan fingerprint density at radius 1 is 1.38 bits per heavy atom. The van der Waals surface area contributed by atoms with Gasteiger partial charge in [-0.25, -0.2) is 0 Å². The third-order valence-corrected chi connectivity index (χ3v) is 3.89. The van der Waals surface area contributed by atoms with Crippen molar-refractivity contribution < 1.29 is 9.53 Å². The summed E-state index contributed by atoms with van der Waals surface area (Å²) in [4.78, 5) is 18.5. The molecule has 26 heavy (non-hydrogen) atoms. The number of carbonyl (C=O) groups excluding carboxylic acids is 1. The first-order valence-corrected chi connectivity index (χ1v) is 8.78. The van der Waals surface area contributed by atoms with Crippen LogP contribution < -0.4 is 15.4 Å².